The monoisotopic (exact) mass is 889 g/mol. The number of sulfone groups is 1. The lowest BCUT2D eigenvalue weighted by atomic mass is 9.87. The Balaban J connectivity index is 1.08. The maximum Gasteiger partial charge on any atom is 0.501 e. The molecule has 0 aromatic heterocycles. The third-order valence-electron chi connectivity index (χ3n) is 10.0. The first-order chi connectivity index (χ1) is 28.2. The van der Waals surface area contributed by atoms with Gasteiger partial charge in [-0.25, -0.2) is 21.6 Å². The summed E-state index contributed by atoms with van der Waals surface area (Å²) in [6.45, 7) is 2.52. The Kier molecular flexibility index (Phi) is 15.1. The molecule has 59 heavy (non-hydrogen) atoms. The zero-order valence-electron chi connectivity index (χ0n) is 32.2. The molecule has 0 saturated heterocycles. The lowest BCUT2D eigenvalue weighted by molar-refractivity contribution is -0.0435. The predicted molar refractivity (Wildman–Crippen MR) is 229 cm³/mol. The second-order valence-corrected chi connectivity index (χ2v) is 19.6. The number of halogens is 4. The molecule has 0 radical (unpaired) electrons. The van der Waals surface area contributed by atoms with Crippen LogP contribution < -0.4 is 26.0 Å². The molecule has 0 bridgehead atoms. The van der Waals surface area contributed by atoms with Gasteiger partial charge in [0.05, 0.1) is 10.6 Å². The number of carbonyl (C=O) groups is 1. The van der Waals surface area contributed by atoms with Crippen molar-refractivity contribution in [2.45, 2.75) is 77.2 Å². The van der Waals surface area contributed by atoms with Crippen LogP contribution in [0, 0.1) is 0 Å². The fourth-order valence-corrected chi connectivity index (χ4v) is 9.83. The molecular weight excluding hydrogens is 843 g/mol. The van der Waals surface area contributed by atoms with E-state index in [-0.39, 0.29) is 5.56 Å². The minimum Gasteiger partial charge on any atom is -0.384 e. The number of amides is 1. The average molecular weight is 891 g/mol. The van der Waals surface area contributed by atoms with Crippen LogP contribution in [0.5, 0.6) is 0 Å². The molecule has 0 heterocycles. The van der Waals surface area contributed by atoms with E-state index in [0.717, 1.165) is 62.1 Å². The van der Waals surface area contributed by atoms with Crippen LogP contribution in [-0.2, 0) is 19.9 Å². The van der Waals surface area contributed by atoms with Crippen molar-refractivity contribution >= 4 is 66.1 Å². The van der Waals surface area contributed by atoms with Gasteiger partial charge < -0.3 is 21.3 Å². The molecule has 1 atom stereocenters. The van der Waals surface area contributed by atoms with Crippen molar-refractivity contribution in [2.75, 3.05) is 42.6 Å². The van der Waals surface area contributed by atoms with Gasteiger partial charge in [0.25, 0.3) is 25.8 Å². The predicted octanol–water partition coefficient (Wildman–Crippen LogP) is 8.50. The fraction of sp³-hybridized carbons (Fsp3) is 0.357. The first-order valence-electron chi connectivity index (χ1n) is 19.4. The number of benzene rings is 4. The van der Waals surface area contributed by atoms with Gasteiger partial charge in [-0.05, 0) is 129 Å². The van der Waals surface area contributed by atoms with Crippen LogP contribution >= 0.6 is 23.4 Å². The number of carbonyl (C=O) groups excluding carboxylic acids is 1. The summed E-state index contributed by atoms with van der Waals surface area (Å²) in [6.07, 6.45) is 6.87. The Bertz CT molecular complexity index is 2310. The highest BCUT2D eigenvalue weighted by Crippen LogP contribution is 2.37. The molecule has 0 spiro atoms. The van der Waals surface area contributed by atoms with E-state index < -0.39 is 52.8 Å². The van der Waals surface area contributed by atoms with E-state index in [1.54, 1.807) is 12.1 Å². The van der Waals surface area contributed by atoms with Crippen molar-refractivity contribution < 1.29 is 34.8 Å². The van der Waals surface area contributed by atoms with E-state index in [0.29, 0.717) is 54.6 Å². The van der Waals surface area contributed by atoms with Crippen LogP contribution in [0.1, 0.15) is 60.9 Å². The molecule has 10 nitrogen and oxygen atoms in total. The number of rotatable bonds is 20. The maximum absolute atomic E-state index is 14.0. The van der Waals surface area contributed by atoms with E-state index in [1.807, 2.05) is 47.2 Å². The molecule has 5 N–H and O–H groups in total. The highest BCUT2D eigenvalue weighted by molar-refractivity contribution is 7.99. The van der Waals surface area contributed by atoms with Gasteiger partial charge in [-0.15, -0.1) is 11.8 Å². The van der Waals surface area contributed by atoms with Crippen LogP contribution in [0.2, 0.25) is 5.02 Å². The van der Waals surface area contributed by atoms with Gasteiger partial charge in [0.2, 0.25) is 0 Å². The normalized spacial score (nSPS) is 15.5. The number of anilines is 2. The van der Waals surface area contributed by atoms with E-state index in [4.69, 9.17) is 11.6 Å². The second-order valence-electron chi connectivity index (χ2n) is 14.5. The Morgan fingerprint density at radius 2 is 1.56 bits per heavy atom. The molecule has 1 fully saturated rings. The largest absolute Gasteiger partial charge is 0.501 e. The van der Waals surface area contributed by atoms with Crippen molar-refractivity contribution in [3.05, 3.63) is 119 Å². The summed E-state index contributed by atoms with van der Waals surface area (Å²) in [6, 6.07) is 25.6. The zero-order valence-corrected chi connectivity index (χ0v) is 35.4. The van der Waals surface area contributed by atoms with Gasteiger partial charge in [0.1, 0.15) is 4.90 Å². The van der Waals surface area contributed by atoms with Gasteiger partial charge in [-0.3, -0.25) is 4.79 Å². The Morgan fingerprint density at radius 3 is 2.25 bits per heavy atom. The van der Waals surface area contributed by atoms with Crippen molar-refractivity contribution in [3.63, 3.8) is 0 Å². The van der Waals surface area contributed by atoms with Crippen molar-refractivity contribution in [3.8, 4) is 0 Å². The molecule has 4 aromatic rings. The third-order valence-corrected chi connectivity index (χ3v) is 14.3. The van der Waals surface area contributed by atoms with Gasteiger partial charge >= 0.3 is 5.51 Å². The average Bonchev–Trinajstić information content (AvgIpc) is 4.05. The summed E-state index contributed by atoms with van der Waals surface area (Å²) in [5.74, 6) is -0.659. The molecule has 1 amide bonds. The van der Waals surface area contributed by atoms with Gasteiger partial charge in [-0.2, -0.15) is 13.2 Å². The van der Waals surface area contributed by atoms with Crippen LogP contribution in [0.4, 0.5) is 24.5 Å². The number of alkyl halides is 3. The minimum absolute atomic E-state index is 0.0313. The maximum atomic E-state index is 14.0. The first kappa shape index (κ1) is 44.5. The molecule has 2 aliphatic rings. The molecule has 17 heteroatoms. The van der Waals surface area contributed by atoms with Gasteiger partial charge in [0.15, 0.2) is 0 Å². The quantitative estimate of drug-likeness (QED) is 0.0433. The van der Waals surface area contributed by atoms with Gasteiger partial charge in [0, 0.05) is 58.6 Å². The number of sulfonamides is 1. The molecular formula is C42H47ClF3N5O5S3. The number of hydrogen-bond acceptors (Lipinski definition) is 10. The van der Waals surface area contributed by atoms with E-state index in [9.17, 15) is 34.8 Å². The molecule has 2 aliphatic carbocycles. The topological polar surface area (TPSA) is 146 Å². The lowest BCUT2D eigenvalue weighted by Crippen LogP contribution is -2.32. The number of allylic oxidation sites excluding steroid dienone is 1. The summed E-state index contributed by atoms with van der Waals surface area (Å²) in [7, 11) is -10.8. The van der Waals surface area contributed by atoms with Gasteiger partial charge in [-0.1, -0.05) is 47.5 Å². The SMILES string of the molecule is O=C(NS(=O)(=O)c1ccc(N[C@H](CCNC2CC2)CSc2ccccc2)c(S(=O)(=O)C(F)(F)F)c1)c1ccc(NCCNCC2=C(c3ccc(Cl)cc3)CCCC2)cc1. The highest BCUT2D eigenvalue weighted by atomic mass is 35.5. The van der Waals surface area contributed by atoms with Crippen LogP contribution in [0.3, 0.4) is 0 Å². The summed E-state index contributed by atoms with van der Waals surface area (Å²) < 4.78 is 96.4. The van der Waals surface area contributed by atoms with E-state index in [1.165, 1.54) is 40.6 Å². The Hall–Kier alpha value is -4.06. The summed E-state index contributed by atoms with van der Waals surface area (Å²) in [5.41, 5.74) is -1.55. The smallest absolute Gasteiger partial charge is 0.384 e. The van der Waals surface area contributed by atoms with Crippen LogP contribution in [-0.4, -0.2) is 72.3 Å². The molecule has 316 valence electrons. The standard InChI is InChI=1S/C42H47ClF3N5O5S3/c43-32-14-10-29(11-15-32)38-9-5-4-6-31(38)27-47-24-25-49-33-16-12-30(13-17-33)41(52)51-59(55,56)37-20-21-39(40(26-37)58(53,54)42(44,45)46)50-35(22-23-48-34-18-19-34)28-57-36-7-2-1-3-8-36/h1-3,7-8,10-17,20-21,26,34-35,47-50H,4-6,9,18-19,22-25,27-28H2,(H,51,52)/t35-/m1/s1. The van der Waals surface area contributed by atoms with Crippen molar-refractivity contribution in [1.29, 1.82) is 0 Å². The van der Waals surface area contributed by atoms with Crippen LogP contribution in [0.15, 0.2) is 117 Å². The fourth-order valence-electron chi connectivity index (χ4n) is 6.69. The zero-order chi connectivity index (χ0) is 42.0. The minimum atomic E-state index is -6.02. The Morgan fingerprint density at radius 1 is 0.847 bits per heavy atom. The second kappa shape index (κ2) is 20.0. The number of thioether (sulfide) groups is 1. The summed E-state index contributed by atoms with van der Waals surface area (Å²) in [4.78, 5) is 11.9. The molecule has 6 rings (SSSR count). The van der Waals surface area contributed by atoms with Crippen LogP contribution in [0.25, 0.3) is 5.57 Å². The van der Waals surface area contributed by atoms with E-state index >= 15 is 0 Å². The number of hydrogen-bond donors (Lipinski definition) is 5. The summed E-state index contributed by atoms with van der Waals surface area (Å²) in [5, 5.41) is 13.7. The summed E-state index contributed by atoms with van der Waals surface area (Å²) >= 11 is 7.53. The Labute approximate surface area is 353 Å². The molecule has 1 saturated carbocycles. The first-order valence-corrected chi connectivity index (χ1v) is 23.7. The molecule has 0 aliphatic heterocycles. The molecule has 4 aromatic carbocycles. The van der Waals surface area contributed by atoms with Crippen molar-refractivity contribution in [2.24, 2.45) is 0 Å². The molecule has 0 unspecified atom stereocenters. The number of nitrogens with one attached hydrogen (secondary N) is 5. The third kappa shape index (κ3) is 12.5. The highest BCUT2D eigenvalue weighted by Gasteiger charge is 2.48. The van der Waals surface area contributed by atoms with Crippen molar-refractivity contribution in [1.82, 2.24) is 15.4 Å². The van der Waals surface area contributed by atoms with E-state index in [2.05, 4.69) is 33.4 Å². The lowest BCUT2D eigenvalue weighted by Gasteiger charge is -2.23.